The van der Waals surface area contributed by atoms with Gasteiger partial charge in [-0.1, -0.05) is 30.3 Å². The molecule has 2 aromatic rings. The van der Waals surface area contributed by atoms with Crippen LogP contribution in [0.25, 0.3) is 0 Å². The number of aliphatic hydroxyl groups excluding tert-OH is 1. The molecule has 6 heteroatoms. The van der Waals surface area contributed by atoms with Crippen molar-refractivity contribution in [3.05, 3.63) is 65.7 Å². The van der Waals surface area contributed by atoms with E-state index in [9.17, 15) is 9.90 Å². The highest BCUT2D eigenvalue weighted by Gasteiger charge is 2.18. The number of esters is 1. The van der Waals surface area contributed by atoms with E-state index in [4.69, 9.17) is 9.47 Å². The number of β-amino-alcohol motifs (C(OH)–C–C–N with tert-alkyl or cyclic N) is 1. The molecule has 1 fully saturated rings. The summed E-state index contributed by atoms with van der Waals surface area (Å²) in [6.07, 6.45) is 0.533. The zero-order valence-corrected chi connectivity index (χ0v) is 17.7. The van der Waals surface area contributed by atoms with Crippen molar-refractivity contribution in [3.8, 4) is 5.75 Å². The molecule has 1 aliphatic heterocycles. The Kier molecular flexibility index (Phi) is 8.68. The summed E-state index contributed by atoms with van der Waals surface area (Å²) in [5.74, 6) is 0.290. The number of hydrogen-bond donors (Lipinski definition) is 1. The van der Waals surface area contributed by atoms with Gasteiger partial charge in [0.15, 0.2) is 0 Å². The van der Waals surface area contributed by atoms with Gasteiger partial charge in [-0.15, -0.1) is 0 Å². The molecule has 0 radical (unpaired) electrons. The van der Waals surface area contributed by atoms with Gasteiger partial charge in [0, 0.05) is 26.2 Å². The largest absolute Gasteiger partial charge is 0.491 e. The maximum absolute atomic E-state index is 11.7. The van der Waals surface area contributed by atoms with Crippen molar-refractivity contribution < 1.29 is 19.4 Å². The van der Waals surface area contributed by atoms with Gasteiger partial charge in [0.05, 0.1) is 12.2 Å². The Morgan fingerprint density at radius 1 is 1.00 bits per heavy atom. The Hall–Kier alpha value is -2.41. The Morgan fingerprint density at radius 3 is 2.43 bits per heavy atom. The van der Waals surface area contributed by atoms with E-state index in [-0.39, 0.29) is 12.6 Å². The molecule has 0 bridgehead atoms. The predicted molar refractivity (Wildman–Crippen MR) is 117 cm³/mol. The molecule has 1 unspecified atom stereocenters. The lowest BCUT2D eigenvalue weighted by molar-refractivity contribution is 0.0525. The zero-order valence-electron chi connectivity index (χ0n) is 17.7. The number of benzene rings is 2. The van der Waals surface area contributed by atoms with Crippen LogP contribution in [0.5, 0.6) is 5.75 Å². The van der Waals surface area contributed by atoms with Crippen LogP contribution in [0.2, 0.25) is 0 Å². The number of rotatable bonds is 9. The molecule has 1 heterocycles. The van der Waals surface area contributed by atoms with Gasteiger partial charge in [-0.2, -0.15) is 0 Å². The Bertz CT molecular complexity index is 767. The fourth-order valence-corrected chi connectivity index (χ4v) is 3.65. The smallest absolute Gasteiger partial charge is 0.338 e. The van der Waals surface area contributed by atoms with Crippen molar-refractivity contribution >= 4 is 5.97 Å². The van der Waals surface area contributed by atoms with Crippen molar-refractivity contribution in [2.24, 2.45) is 0 Å². The van der Waals surface area contributed by atoms with Gasteiger partial charge in [-0.05, 0) is 56.3 Å². The van der Waals surface area contributed by atoms with Crippen molar-refractivity contribution in [3.63, 3.8) is 0 Å². The number of carbonyl (C=O) groups excluding carboxylic acids is 1. The minimum absolute atomic E-state index is 0.225. The van der Waals surface area contributed by atoms with Crippen LogP contribution in [-0.4, -0.2) is 72.9 Å². The first-order chi connectivity index (χ1) is 14.6. The second-order valence-electron chi connectivity index (χ2n) is 7.63. The minimum atomic E-state index is -0.560. The van der Waals surface area contributed by atoms with E-state index in [1.807, 2.05) is 6.07 Å². The van der Waals surface area contributed by atoms with E-state index in [2.05, 4.69) is 34.1 Å². The number of hydrogen-bond acceptors (Lipinski definition) is 6. The van der Waals surface area contributed by atoms with E-state index in [1.54, 1.807) is 31.2 Å². The molecular formula is C24H32N2O4. The van der Waals surface area contributed by atoms with Crippen LogP contribution in [0, 0.1) is 0 Å². The number of nitrogens with zero attached hydrogens (tertiary/aromatic N) is 2. The van der Waals surface area contributed by atoms with Gasteiger partial charge >= 0.3 is 5.97 Å². The van der Waals surface area contributed by atoms with E-state index in [0.29, 0.717) is 24.5 Å². The third kappa shape index (κ3) is 7.13. The maximum atomic E-state index is 11.7. The number of carbonyl (C=O) groups is 1. The Balaban J connectivity index is 1.39. The molecule has 0 spiro atoms. The van der Waals surface area contributed by atoms with E-state index < -0.39 is 6.10 Å². The van der Waals surface area contributed by atoms with Gasteiger partial charge in [-0.25, -0.2) is 4.79 Å². The third-order valence-corrected chi connectivity index (χ3v) is 5.21. The van der Waals surface area contributed by atoms with E-state index in [1.165, 1.54) is 5.56 Å². The normalized spacial score (nSPS) is 16.6. The topological polar surface area (TPSA) is 62.2 Å². The molecule has 1 saturated heterocycles. The number of aliphatic hydroxyl groups is 1. The molecule has 3 rings (SSSR count). The Labute approximate surface area is 179 Å². The molecule has 6 nitrogen and oxygen atoms in total. The fraction of sp³-hybridized carbons (Fsp3) is 0.458. The molecule has 1 atom stereocenters. The van der Waals surface area contributed by atoms with Crippen LogP contribution in [0.3, 0.4) is 0 Å². The lowest BCUT2D eigenvalue weighted by Gasteiger charge is -2.24. The summed E-state index contributed by atoms with van der Waals surface area (Å²) >= 11 is 0. The van der Waals surface area contributed by atoms with E-state index in [0.717, 1.165) is 39.1 Å². The minimum Gasteiger partial charge on any atom is -0.491 e. The standard InChI is InChI=1S/C24H32N2O4/c1-2-29-24(28)21-9-11-23(12-10-21)30-19-22(27)18-26-14-6-13-25(15-16-26)17-20-7-4-3-5-8-20/h3-5,7-12,22,27H,2,6,13-19H2,1H3. The molecule has 0 saturated carbocycles. The molecule has 0 amide bonds. The van der Waals surface area contributed by atoms with Crippen LogP contribution in [0.4, 0.5) is 0 Å². The summed E-state index contributed by atoms with van der Waals surface area (Å²) in [7, 11) is 0. The summed E-state index contributed by atoms with van der Waals surface area (Å²) in [6, 6.07) is 17.4. The quantitative estimate of drug-likeness (QED) is 0.639. The first-order valence-corrected chi connectivity index (χ1v) is 10.7. The van der Waals surface area contributed by atoms with Gasteiger partial charge in [0.2, 0.25) is 0 Å². The van der Waals surface area contributed by atoms with E-state index >= 15 is 0 Å². The van der Waals surface area contributed by atoms with Crippen molar-refractivity contribution in [2.75, 3.05) is 45.9 Å². The van der Waals surface area contributed by atoms with Gasteiger partial charge < -0.3 is 14.6 Å². The highest BCUT2D eigenvalue weighted by Crippen LogP contribution is 2.14. The van der Waals surface area contributed by atoms with Gasteiger partial charge in [0.25, 0.3) is 0 Å². The van der Waals surface area contributed by atoms with Crippen molar-refractivity contribution in [1.29, 1.82) is 0 Å². The summed E-state index contributed by atoms with van der Waals surface area (Å²) in [5.41, 5.74) is 1.84. The molecular weight excluding hydrogens is 380 g/mol. The number of ether oxygens (including phenoxy) is 2. The molecule has 2 aromatic carbocycles. The van der Waals surface area contributed by atoms with Crippen LogP contribution in [0.15, 0.2) is 54.6 Å². The molecule has 1 N–H and O–H groups in total. The molecule has 30 heavy (non-hydrogen) atoms. The Morgan fingerprint density at radius 2 is 1.70 bits per heavy atom. The van der Waals surface area contributed by atoms with Crippen molar-refractivity contribution in [2.45, 2.75) is 26.0 Å². The molecule has 0 aliphatic carbocycles. The monoisotopic (exact) mass is 412 g/mol. The van der Waals surface area contributed by atoms with Crippen LogP contribution in [-0.2, 0) is 11.3 Å². The first kappa shape index (κ1) is 22.3. The van der Waals surface area contributed by atoms with Gasteiger partial charge in [-0.3, -0.25) is 9.80 Å². The average molecular weight is 413 g/mol. The second kappa shape index (κ2) is 11.7. The van der Waals surface area contributed by atoms with Crippen LogP contribution >= 0.6 is 0 Å². The zero-order chi connectivity index (χ0) is 21.2. The average Bonchev–Trinajstić information content (AvgIpc) is 2.98. The van der Waals surface area contributed by atoms with Crippen molar-refractivity contribution in [1.82, 2.24) is 9.80 Å². The van der Waals surface area contributed by atoms with Crippen LogP contribution < -0.4 is 4.74 Å². The summed E-state index contributed by atoms with van der Waals surface area (Å²) in [6.45, 7) is 7.92. The molecule has 1 aliphatic rings. The summed E-state index contributed by atoms with van der Waals surface area (Å²) < 4.78 is 10.7. The summed E-state index contributed by atoms with van der Waals surface area (Å²) in [4.78, 5) is 16.5. The third-order valence-electron chi connectivity index (χ3n) is 5.21. The maximum Gasteiger partial charge on any atom is 0.338 e. The SMILES string of the molecule is CCOC(=O)c1ccc(OCC(O)CN2CCCN(Cc3ccccc3)CC2)cc1. The van der Waals surface area contributed by atoms with Crippen LogP contribution in [0.1, 0.15) is 29.3 Å². The summed E-state index contributed by atoms with van der Waals surface area (Å²) in [5, 5.41) is 10.4. The lowest BCUT2D eigenvalue weighted by Crippen LogP contribution is -2.38. The fourth-order valence-electron chi connectivity index (χ4n) is 3.65. The predicted octanol–water partition coefficient (Wildman–Crippen LogP) is 2.81. The highest BCUT2D eigenvalue weighted by molar-refractivity contribution is 5.89. The lowest BCUT2D eigenvalue weighted by atomic mass is 10.2. The highest BCUT2D eigenvalue weighted by atomic mass is 16.5. The first-order valence-electron chi connectivity index (χ1n) is 10.7. The molecule has 0 aromatic heterocycles. The second-order valence-corrected chi connectivity index (χ2v) is 7.63. The van der Waals surface area contributed by atoms with Gasteiger partial charge in [0.1, 0.15) is 18.5 Å². The molecule has 162 valence electrons.